The van der Waals surface area contributed by atoms with Crippen molar-refractivity contribution < 1.29 is 27.4 Å². The summed E-state index contributed by atoms with van der Waals surface area (Å²) in [6.07, 6.45) is -1.35. The van der Waals surface area contributed by atoms with Gasteiger partial charge in [-0.15, -0.1) is 13.2 Å². The van der Waals surface area contributed by atoms with E-state index in [9.17, 15) is 22.8 Å². The summed E-state index contributed by atoms with van der Waals surface area (Å²) in [5, 5.41) is 4.18. The lowest BCUT2D eigenvalue weighted by Crippen LogP contribution is -2.55. The van der Waals surface area contributed by atoms with Gasteiger partial charge in [-0.1, -0.05) is 29.8 Å². The van der Waals surface area contributed by atoms with E-state index in [-0.39, 0.29) is 47.9 Å². The lowest BCUT2D eigenvalue weighted by Gasteiger charge is -2.41. The van der Waals surface area contributed by atoms with E-state index in [1.165, 1.54) is 34.0 Å². The molecular formula is C22H24ClF3N4O4. The standard InChI is InChI=1S/C22H24ClF3N4O4/c1-14-11-28(12-15-6-2-3-7-17(15)34-22(24,25)26)18(31)13-29(14)16-10-27-30(21(32)20(16)23)19-8-4-5-9-33-19/h2-3,6-7,10,14,19H,4-5,8-9,11-13H2,1H3. The number of carbonyl (C=O) groups excluding carboxylic acids is 1. The fourth-order valence-electron chi connectivity index (χ4n) is 4.22. The zero-order chi connectivity index (χ0) is 24.5. The lowest BCUT2D eigenvalue weighted by molar-refractivity contribution is -0.275. The van der Waals surface area contributed by atoms with Crippen LogP contribution >= 0.6 is 11.6 Å². The molecule has 2 aliphatic rings. The molecular weight excluding hydrogens is 477 g/mol. The summed E-state index contributed by atoms with van der Waals surface area (Å²) in [6, 6.07) is 5.44. The molecule has 2 saturated heterocycles. The number of halogens is 4. The number of nitrogens with zero attached hydrogens (tertiary/aromatic N) is 4. The van der Waals surface area contributed by atoms with Crippen molar-refractivity contribution in [3.8, 4) is 5.75 Å². The highest BCUT2D eigenvalue weighted by atomic mass is 35.5. The second-order valence-electron chi connectivity index (χ2n) is 8.32. The molecule has 2 fully saturated rings. The van der Waals surface area contributed by atoms with Gasteiger partial charge >= 0.3 is 6.36 Å². The second kappa shape index (κ2) is 9.83. The molecule has 0 bridgehead atoms. The number of hydrogen-bond donors (Lipinski definition) is 0. The van der Waals surface area contributed by atoms with Crippen LogP contribution in [0.2, 0.25) is 5.02 Å². The molecule has 0 N–H and O–H groups in total. The van der Waals surface area contributed by atoms with E-state index in [4.69, 9.17) is 16.3 Å². The smallest absolute Gasteiger partial charge is 0.405 e. The molecule has 1 aromatic heterocycles. The number of benzene rings is 1. The van der Waals surface area contributed by atoms with Gasteiger partial charge in [0.1, 0.15) is 10.8 Å². The summed E-state index contributed by atoms with van der Waals surface area (Å²) < 4.78 is 49.1. The Hall–Kier alpha value is -2.79. The Morgan fingerprint density at radius 3 is 2.71 bits per heavy atom. The fraction of sp³-hybridized carbons (Fsp3) is 0.500. The van der Waals surface area contributed by atoms with Gasteiger partial charge in [-0.2, -0.15) is 9.78 Å². The molecule has 2 atom stereocenters. The topological polar surface area (TPSA) is 76.9 Å². The average Bonchev–Trinajstić information content (AvgIpc) is 2.79. The predicted molar refractivity (Wildman–Crippen MR) is 118 cm³/mol. The molecule has 3 heterocycles. The maximum absolute atomic E-state index is 12.9. The molecule has 0 aliphatic carbocycles. The van der Waals surface area contributed by atoms with E-state index in [0.29, 0.717) is 18.7 Å². The number of aromatic nitrogens is 2. The normalized spacial score (nSPS) is 21.6. The highest BCUT2D eigenvalue weighted by molar-refractivity contribution is 6.33. The number of anilines is 1. The minimum absolute atomic E-state index is 0.0458. The van der Waals surface area contributed by atoms with Gasteiger partial charge in [0.2, 0.25) is 5.91 Å². The first-order valence-electron chi connectivity index (χ1n) is 10.9. The van der Waals surface area contributed by atoms with E-state index >= 15 is 0 Å². The molecule has 1 aromatic carbocycles. The van der Waals surface area contributed by atoms with Crippen molar-refractivity contribution >= 4 is 23.2 Å². The molecule has 1 amide bonds. The van der Waals surface area contributed by atoms with Crippen molar-refractivity contribution in [1.82, 2.24) is 14.7 Å². The number of rotatable bonds is 5. The molecule has 0 spiro atoms. The Morgan fingerprint density at radius 2 is 2.00 bits per heavy atom. The third-order valence-electron chi connectivity index (χ3n) is 5.90. The zero-order valence-corrected chi connectivity index (χ0v) is 19.2. The first-order chi connectivity index (χ1) is 16.1. The predicted octanol–water partition coefficient (Wildman–Crippen LogP) is 3.73. The number of piperazine rings is 1. The van der Waals surface area contributed by atoms with Crippen LogP contribution in [-0.4, -0.2) is 52.7 Å². The third kappa shape index (κ3) is 5.30. The van der Waals surface area contributed by atoms with Crippen LogP contribution < -0.4 is 15.2 Å². The van der Waals surface area contributed by atoms with Crippen LogP contribution in [0.5, 0.6) is 5.75 Å². The van der Waals surface area contributed by atoms with Crippen LogP contribution in [0.1, 0.15) is 38.0 Å². The van der Waals surface area contributed by atoms with Crippen molar-refractivity contribution in [1.29, 1.82) is 0 Å². The van der Waals surface area contributed by atoms with Gasteiger partial charge in [0.15, 0.2) is 6.23 Å². The highest BCUT2D eigenvalue weighted by Gasteiger charge is 2.35. The Balaban J connectivity index is 1.50. The highest BCUT2D eigenvalue weighted by Crippen LogP contribution is 2.30. The van der Waals surface area contributed by atoms with Gasteiger partial charge in [-0.25, -0.2) is 0 Å². The van der Waals surface area contributed by atoms with Crippen LogP contribution in [0.15, 0.2) is 35.3 Å². The first kappa shape index (κ1) is 24.3. The summed E-state index contributed by atoms with van der Waals surface area (Å²) in [6.45, 7) is 2.45. The van der Waals surface area contributed by atoms with Gasteiger partial charge in [-0.05, 0) is 32.3 Å². The van der Waals surface area contributed by atoms with Crippen LogP contribution in [-0.2, 0) is 16.1 Å². The van der Waals surface area contributed by atoms with Crippen molar-refractivity contribution in [2.75, 3.05) is 24.6 Å². The van der Waals surface area contributed by atoms with Crippen LogP contribution in [0, 0.1) is 0 Å². The SMILES string of the molecule is CC1CN(Cc2ccccc2OC(F)(F)F)C(=O)CN1c1cnn(C2CCCCO2)c(=O)c1Cl. The molecule has 184 valence electrons. The quantitative estimate of drug-likeness (QED) is 0.622. The van der Waals surface area contributed by atoms with Crippen LogP contribution in [0.3, 0.4) is 0 Å². The maximum atomic E-state index is 12.9. The number of ether oxygens (including phenoxy) is 2. The van der Waals surface area contributed by atoms with Crippen molar-refractivity contribution in [2.24, 2.45) is 0 Å². The van der Waals surface area contributed by atoms with E-state index in [1.54, 1.807) is 11.0 Å². The van der Waals surface area contributed by atoms with Crippen LogP contribution in [0.4, 0.5) is 18.9 Å². The number of carbonyl (C=O) groups is 1. The first-order valence-corrected chi connectivity index (χ1v) is 11.3. The van der Waals surface area contributed by atoms with E-state index in [2.05, 4.69) is 9.84 Å². The van der Waals surface area contributed by atoms with Gasteiger partial charge in [-0.3, -0.25) is 9.59 Å². The van der Waals surface area contributed by atoms with Crippen molar-refractivity contribution in [2.45, 2.75) is 51.4 Å². The molecule has 2 aromatic rings. The molecule has 8 nitrogen and oxygen atoms in total. The number of para-hydroxylation sites is 1. The summed E-state index contributed by atoms with van der Waals surface area (Å²) >= 11 is 6.39. The van der Waals surface area contributed by atoms with Crippen molar-refractivity contribution in [3.05, 3.63) is 51.4 Å². The molecule has 0 saturated carbocycles. The Morgan fingerprint density at radius 1 is 1.24 bits per heavy atom. The Kier molecular flexibility index (Phi) is 7.04. The maximum Gasteiger partial charge on any atom is 0.573 e. The van der Waals surface area contributed by atoms with E-state index < -0.39 is 18.1 Å². The number of alkyl halides is 3. The largest absolute Gasteiger partial charge is 0.573 e. The molecule has 2 aliphatic heterocycles. The minimum Gasteiger partial charge on any atom is -0.405 e. The van der Waals surface area contributed by atoms with E-state index in [1.807, 2.05) is 6.92 Å². The molecule has 12 heteroatoms. The Labute approximate surface area is 198 Å². The van der Waals surface area contributed by atoms with Crippen molar-refractivity contribution in [3.63, 3.8) is 0 Å². The summed E-state index contributed by atoms with van der Waals surface area (Å²) in [5.74, 6) is -0.672. The zero-order valence-electron chi connectivity index (χ0n) is 18.4. The summed E-state index contributed by atoms with van der Waals surface area (Å²) in [5.41, 5.74) is 0.0787. The number of hydrogen-bond acceptors (Lipinski definition) is 6. The lowest BCUT2D eigenvalue weighted by atomic mass is 10.1. The van der Waals surface area contributed by atoms with E-state index in [0.717, 1.165) is 12.8 Å². The Bertz CT molecular complexity index is 1100. The third-order valence-corrected chi connectivity index (χ3v) is 6.25. The molecule has 34 heavy (non-hydrogen) atoms. The fourth-order valence-corrected chi connectivity index (χ4v) is 4.46. The summed E-state index contributed by atoms with van der Waals surface area (Å²) in [4.78, 5) is 28.9. The van der Waals surface area contributed by atoms with Gasteiger partial charge < -0.3 is 19.3 Å². The second-order valence-corrected chi connectivity index (χ2v) is 8.70. The van der Waals surface area contributed by atoms with Crippen LogP contribution in [0.25, 0.3) is 0 Å². The van der Waals surface area contributed by atoms with Gasteiger partial charge in [0.05, 0.1) is 18.4 Å². The summed E-state index contributed by atoms with van der Waals surface area (Å²) in [7, 11) is 0. The van der Waals surface area contributed by atoms with Gasteiger partial charge in [0.25, 0.3) is 5.56 Å². The molecule has 2 unspecified atom stereocenters. The molecule has 4 rings (SSSR count). The minimum atomic E-state index is -4.83. The number of amides is 1. The average molecular weight is 501 g/mol. The van der Waals surface area contributed by atoms with Gasteiger partial charge in [0, 0.05) is 31.3 Å². The monoisotopic (exact) mass is 500 g/mol. The molecule has 0 radical (unpaired) electrons.